The van der Waals surface area contributed by atoms with Crippen LogP contribution in [-0.4, -0.2) is 4.98 Å². The SMILES string of the molecule is Clc1ccc(Oc2cnccc2Cl)c(Cl)c1. The molecule has 2 aromatic rings. The molecule has 1 aromatic carbocycles. The van der Waals surface area contributed by atoms with Crippen molar-refractivity contribution in [2.24, 2.45) is 0 Å². The van der Waals surface area contributed by atoms with E-state index >= 15 is 0 Å². The van der Waals surface area contributed by atoms with Gasteiger partial charge in [0.1, 0.15) is 5.75 Å². The second-order valence-electron chi connectivity index (χ2n) is 2.98. The zero-order valence-electron chi connectivity index (χ0n) is 7.95. The number of hydrogen-bond donors (Lipinski definition) is 0. The summed E-state index contributed by atoms with van der Waals surface area (Å²) in [5.74, 6) is 0.939. The third kappa shape index (κ3) is 2.59. The summed E-state index contributed by atoms with van der Waals surface area (Å²) in [4.78, 5) is 3.91. The molecule has 1 aromatic heterocycles. The number of pyridine rings is 1. The molecule has 0 fully saturated rings. The highest BCUT2D eigenvalue weighted by molar-refractivity contribution is 6.35. The Morgan fingerprint density at radius 3 is 2.44 bits per heavy atom. The summed E-state index contributed by atoms with van der Waals surface area (Å²) in [5, 5.41) is 1.45. The van der Waals surface area contributed by atoms with Gasteiger partial charge >= 0.3 is 0 Å². The van der Waals surface area contributed by atoms with Crippen molar-refractivity contribution in [1.29, 1.82) is 0 Å². The molecule has 0 N–H and O–H groups in total. The number of aromatic nitrogens is 1. The van der Waals surface area contributed by atoms with Crippen LogP contribution in [0.4, 0.5) is 0 Å². The first-order valence-corrected chi connectivity index (χ1v) is 5.52. The van der Waals surface area contributed by atoms with Crippen LogP contribution in [0.15, 0.2) is 36.7 Å². The summed E-state index contributed by atoms with van der Waals surface area (Å²) in [6, 6.07) is 6.60. The van der Waals surface area contributed by atoms with E-state index in [0.29, 0.717) is 26.6 Å². The monoisotopic (exact) mass is 273 g/mol. The molecule has 1 heterocycles. The standard InChI is InChI=1S/C11H6Cl3NO/c12-7-1-2-10(9(14)5-7)16-11-6-15-4-3-8(11)13/h1-6H. The predicted octanol–water partition coefficient (Wildman–Crippen LogP) is 4.83. The zero-order chi connectivity index (χ0) is 11.5. The summed E-state index contributed by atoms with van der Waals surface area (Å²) < 4.78 is 5.51. The van der Waals surface area contributed by atoms with Crippen LogP contribution in [0.3, 0.4) is 0 Å². The Morgan fingerprint density at radius 2 is 1.75 bits per heavy atom. The number of nitrogens with zero attached hydrogens (tertiary/aromatic N) is 1. The smallest absolute Gasteiger partial charge is 0.164 e. The van der Waals surface area contributed by atoms with Crippen molar-refractivity contribution in [3.63, 3.8) is 0 Å². The zero-order valence-corrected chi connectivity index (χ0v) is 10.2. The maximum absolute atomic E-state index is 5.96. The maximum atomic E-state index is 5.96. The number of hydrogen-bond acceptors (Lipinski definition) is 2. The van der Waals surface area contributed by atoms with Gasteiger partial charge in [-0.2, -0.15) is 0 Å². The van der Waals surface area contributed by atoms with E-state index in [1.165, 1.54) is 6.20 Å². The number of ether oxygens (including phenoxy) is 1. The van der Waals surface area contributed by atoms with Crippen LogP contribution >= 0.6 is 34.8 Å². The topological polar surface area (TPSA) is 22.1 Å². The summed E-state index contributed by atoms with van der Waals surface area (Å²) in [6.45, 7) is 0. The van der Waals surface area contributed by atoms with Crippen LogP contribution < -0.4 is 4.74 Å². The van der Waals surface area contributed by atoms with E-state index in [1.807, 2.05) is 0 Å². The number of rotatable bonds is 2. The normalized spacial score (nSPS) is 10.2. The Bertz CT molecular complexity index is 516. The molecule has 0 unspecified atom stereocenters. The van der Waals surface area contributed by atoms with Gasteiger partial charge in [-0.1, -0.05) is 34.8 Å². The van der Waals surface area contributed by atoms with E-state index in [2.05, 4.69) is 4.98 Å². The first-order chi connectivity index (χ1) is 7.66. The lowest BCUT2D eigenvalue weighted by Gasteiger charge is -2.08. The fraction of sp³-hybridized carbons (Fsp3) is 0. The lowest BCUT2D eigenvalue weighted by atomic mass is 10.3. The fourth-order valence-electron chi connectivity index (χ4n) is 1.11. The van der Waals surface area contributed by atoms with Crippen molar-refractivity contribution in [3.8, 4) is 11.5 Å². The van der Waals surface area contributed by atoms with Gasteiger partial charge < -0.3 is 4.74 Å². The summed E-state index contributed by atoms with van der Waals surface area (Å²) in [6.07, 6.45) is 3.10. The van der Waals surface area contributed by atoms with E-state index in [0.717, 1.165) is 0 Å². The predicted molar refractivity (Wildman–Crippen MR) is 65.8 cm³/mol. The maximum Gasteiger partial charge on any atom is 0.164 e. The van der Waals surface area contributed by atoms with E-state index < -0.39 is 0 Å². The van der Waals surface area contributed by atoms with E-state index in [9.17, 15) is 0 Å². The molecule has 2 nitrogen and oxygen atoms in total. The molecule has 0 aliphatic rings. The van der Waals surface area contributed by atoms with E-state index in [4.69, 9.17) is 39.5 Å². The minimum absolute atomic E-state index is 0.424. The lowest BCUT2D eigenvalue weighted by molar-refractivity contribution is 0.481. The molecule has 82 valence electrons. The Hall–Kier alpha value is -0.960. The minimum atomic E-state index is 0.424. The highest BCUT2D eigenvalue weighted by Gasteiger charge is 2.06. The fourth-order valence-corrected chi connectivity index (χ4v) is 1.71. The quantitative estimate of drug-likeness (QED) is 0.782. The molecule has 0 spiro atoms. The highest BCUT2D eigenvalue weighted by atomic mass is 35.5. The summed E-state index contributed by atoms with van der Waals surface area (Å²) in [7, 11) is 0. The van der Waals surface area contributed by atoms with Gasteiger partial charge in [0.05, 0.1) is 16.2 Å². The van der Waals surface area contributed by atoms with Crippen LogP contribution in [0.2, 0.25) is 15.1 Å². The third-order valence-corrected chi connectivity index (χ3v) is 2.69. The van der Waals surface area contributed by atoms with Crippen molar-refractivity contribution < 1.29 is 4.74 Å². The molecule has 16 heavy (non-hydrogen) atoms. The Kier molecular flexibility index (Phi) is 3.54. The molecule has 0 amide bonds. The first-order valence-electron chi connectivity index (χ1n) is 4.39. The second-order valence-corrected chi connectivity index (χ2v) is 4.23. The van der Waals surface area contributed by atoms with Crippen LogP contribution in [0.1, 0.15) is 0 Å². The van der Waals surface area contributed by atoms with Gasteiger partial charge in [-0.05, 0) is 24.3 Å². The van der Waals surface area contributed by atoms with Crippen LogP contribution in [-0.2, 0) is 0 Å². The molecule has 0 saturated heterocycles. The molecule has 0 bridgehead atoms. The molecule has 0 aliphatic heterocycles. The van der Waals surface area contributed by atoms with Gasteiger partial charge in [-0.3, -0.25) is 4.98 Å². The third-order valence-electron chi connectivity index (χ3n) is 1.85. The van der Waals surface area contributed by atoms with E-state index in [1.54, 1.807) is 30.5 Å². The van der Waals surface area contributed by atoms with Crippen LogP contribution in [0.5, 0.6) is 11.5 Å². The van der Waals surface area contributed by atoms with Crippen molar-refractivity contribution in [2.75, 3.05) is 0 Å². The molecule has 0 aliphatic carbocycles. The molecule has 0 saturated carbocycles. The molecule has 0 atom stereocenters. The van der Waals surface area contributed by atoms with Crippen molar-refractivity contribution in [2.45, 2.75) is 0 Å². The van der Waals surface area contributed by atoms with E-state index in [-0.39, 0.29) is 0 Å². The average Bonchev–Trinajstić information content (AvgIpc) is 2.25. The Labute approximate surface area is 108 Å². The first kappa shape index (κ1) is 11.5. The molecular weight excluding hydrogens is 268 g/mol. The van der Waals surface area contributed by atoms with Gasteiger partial charge in [-0.15, -0.1) is 0 Å². The van der Waals surface area contributed by atoms with Gasteiger partial charge in [0, 0.05) is 11.2 Å². The highest BCUT2D eigenvalue weighted by Crippen LogP contribution is 2.34. The van der Waals surface area contributed by atoms with Gasteiger partial charge in [0.25, 0.3) is 0 Å². The summed E-state index contributed by atoms with van der Waals surface area (Å²) in [5.41, 5.74) is 0. The van der Waals surface area contributed by atoms with Crippen LogP contribution in [0.25, 0.3) is 0 Å². The second kappa shape index (κ2) is 4.91. The molecule has 5 heteroatoms. The minimum Gasteiger partial charge on any atom is -0.453 e. The van der Waals surface area contributed by atoms with Crippen LogP contribution in [0, 0.1) is 0 Å². The number of benzene rings is 1. The Morgan fingerprint density at radius 1 is 0.938 bits per heavy atom. The van der Waals surface area contributed by atoms with Gasteiger partial charge in [0.2, 0.25) is 0 Å². The van der Waals surface area contributed by atoms with Gasteiger partial charge in [-0.25, -0.2) is 0 Å². The Balaban J connectivity index is 2.31. The number of halogens is 3. The lowest BCUT2D eigenvalue weighted by Crippen LogP contribution is -1.87. The van der Waals surface area contributed by atoms with Gasteiger partial charge in [0.15, 0.2) is 5.75 Å². The molecular formula is C11H6Cl3NO. The van der Waals surface area contributed by atoms with Crippen molar-refractivity contribution in [3.05, 3.63) is 51.7 Å². The molecule has 0 radical (unpaired) electrons. The largest absolute Gasteiger partial charge is 0.453 e. The van der Waals surface area contributed by atoms with Crippen molar-refractivity contribution >= 4 is 34.8 Å². The molecule has 2 rings (SSSR count). The summed E-state index contributed by atoms with van der Waals surface area (Å²) >= 11 is 17.7. The van der Waals surface area contributed by atoms with Crippen molar-refractivity contribution in [1.82, 2.24) is 4.98 Å². The average molecular weight is 275 g/mol.